The molecule has 6 heteroatoms. The molecule has 4 rings (SSSR count). The second-order valence-corrected chi connectivity index (χ2v) is 7.93. The van der Waals surface area contributed by atoms with Gasteiger partial charge in [0, 0.05) is 11.6 Å². The van der Waals surface area contributed by atoms with Crippen LogP contribution in [0, 0.1) is 0 Å². The molecule has 1 aliphatic carbocycles. The number of aryl methyl sites for hydroxylation is 1. The van der Waals surface area contributed by atoms with Gasteiger partial charge in [0.2, 0.25) is 5.43 Å². The minimum absolute atomic E-state index is 0.123. The normalized spacial score (nSPS) is 15.3. The number of hydrogen-bond acceptors (Lipinski definition) is 4. The van der Waals surface area contributed by atoms with Crippen LogP contribution in [0.15, 0.2) is 41.3 Å². The van der Waals surface area contributed by atoms with Gasteiger partial charge >= 0.3 is 0 Å². The van der Waals surface area contributed by atoms with E-state index >= 15 is 0 Å². The molecule has 0 saturated carbocycles. The third kappa shape index (κ3) is 3.32. The topological polar surface area (TPSA) is 80.4 Å². The van der Waals surface area contributed by atoms with E-state index in [1.165, 1.54) is 6.20 Å². The van der Waals surface area contributed by atoms with Gasteiger partial charge in [0.25, 0.3) is 5.91 Å². The second-order valence-electron chi connectivity index (χ2n) is 7.93. The number of amides is 1. The summed E-state index contributed by atoms with van der Waals surface area (Å²) in [5.74, 6) is 1.20. The number of rotatable bonds is 5. The highest BCUT2D eigenvalue weighted by atomic mass is 16.5. The largest absolute Gasteiger partial charge is 0.493 e. The Bertz CT molecular complexity index is 1180. The number of aromatic amines is 1. The van der Waals surface area contributed by atoms with Crippen LogP contribution in [0.3, 0.4) is 0 Å². The van der Waals surface area contributed by atoms with E-state index in [1.54, 1.807) is 20.3 Å². The van der Waals surface area contributed by atoms with Crippen molar-refractivity contribution < 1.29 is 14.3 Å². The summed E-state index contributed by atoms with van der Waals surface area (Å²) in [4.78, 5) is 29.2. The Balaban J connectivity index is 1.66. The van der Waals surface area contributed by atoms with Crippen molar-refractivity contribution >= 4 is 16.8 Å². The van der Waals surface area contributed by atoms with Gasteiger partial charge in [0.15, 0.2) is 11.5 Å². The first kappa shape index (κ1) is 20.0. The molecule has 1 amide bonds. The number of pyridine rings is 1. The van der Waals surface area contributed by atoms with Gasteiger partial charge in [-0.25, -0.2) is 0 Å². The van der Waals surface area contributed by atoms with Crippen LogP contribution in [0.25, 0.3) is 10.9 Å². The molecule has 1 aliphatic rings. The number of carbonyl (C=O) groups is 1. The van der Waals surface area contributed by atoms with E-state index in [4.69, 9.17) is 9.47 Å². The van der Waals surface area contributed by atoms with E-state index in [2.05, 4.69) is 24.1 Å². The van der Waals surface area contributed by atoms with Crippen molar-refractivity contribution in [3.05, 3.63) is 69.0 Å². The number of nitrogens with one attached hydrogen (secondary N) is 2. The molecule has 0 aliphatic heterocycles. The van der Waals surface area contributed by atoms with Crippen LogP contribution in [-0.2, 0) is 6.42 Å². The van der Waals surface area contributed by atoms with Gasteiger partial charge in [-0.2, -0.15) is 0 Å². The van der Waals surface area contributed by atoms with Crippen molar-refractivity contribution in [2.45, 2.75) is 38.6 Å². The Morgan fingerprint density at radius 1 is 1.17 bits per heavy atom. The molecule has 0 bridgehead atoms. The van der Waals surface area contributed by atoms with Crippen molar-refractivity contribution in [1.82, 2.24) is 10.3 Å². The molecule has 1 atom stereocenters. The summed E-state index contributed by atoms with van der Waals surface area (Å²) in [6.07, 6.45) is 3.11. The van der Waals surface area contributed by atoms with Gasteiger partial charge in [0.1, 0.15) is 5.56 Å². The zero-order valence-corrected chi connectivity index (χ0v) is 17.7. The maximum atomic E-state index is 13.0. The number of carbonyl (C=O) groups excluding carboxylic acids is 1. The van der Waals surface area contributed by atoms with Crippen molar-refractivity contribution in [1.29, 1.82) is 0 Å². The monoisotopic (exact) mass is 406 g/mol. The van der Waals surface area contributed by atoms with Crippen LogP contribution in [0.5, 0.6) is 11.5 Å². The van der Waals surface area contributed by atoms with Crippen LogP contribution in [0.4, 0.5) is 0 Å². The summed E-state index contributed by atoms with van der Waals surface area (Å²) < 4.78 is 10.8. The fraction of sp³-hybridized carbons (Fsp3) is 0.333. The Morgan fingerprint density at radius 2 is 1.90 bits per heavy atom. The standard InChI is InChI=1S/C24H26N2O4/c1-13(2)15-6-5-7-16-22(15)25-12-18(23(16)27)24(28)26-19-9-8-14-10-20(29-3)21(30-4)11-17(14)19/h5-7,10-13,19H,8-9H2,1-4H3,(H,25,27)(H,26,28)/t19-/m0/s1. The fourth-order valence-corrected chi connectivity index (χ4v) is 4.24. The van der Waals surface area contributed by atoms with E-state index in [0.29, 0.717) is 16.9 Å². The van der Waals surface area contributed by atoms with Crippen LogP contribution in [-0.4, -0.2) is 25.1 Å². The summed E-state index contributed by atoms with van der Waals surface area (Å²) in [6.45, 7) is 4.16. The number of fused-ring (bicyclic) bond motifs is 2. The maximum absolute atomic E-state index is 13.0. The number of hydrogen-bond donors (Lipinski definition) is 2. The highest BCUT2D eigenvalue weighted by Gasteiger charge is 2.27. The van der Waals surface area contributed by atoms with E-state index in [9.17, 15) is 9.59 Å². The van der Waals surface area contributed by atoms with Crippen LogP contribution in [0.2, 0.25) is 0 Å². The third-order valence-electron chi connectivity index (χ3n) is 5.84. The Kier molecular flexibility index (Phi) is 5.24. The number of methoxy groups -OCH3 is 2. The van der Waals surface area contributed by atoms with Gasteiger partial charge < -0.3 is 19.8 Å². The molecular weight excluding hydrogens is 380 g/mol. The molecule has 156 valence electrons. The quantitative estimate of drug-likeness (QED) is 0.669. The first-order valence-corrected chi connectivity index (χ1v) is 10.1. The SMILES string of the molecule is COc1cc2c(cc1OC)[C@@H](NC(=O)c1c[nH]c3c(C(C)C)cccc3c1=O)CC2. The number of aromatic nitrogens is 1. The van der Waals surface area contributed by atoms with E-state index < -0.39 is 0 Å². The lowest BCUT2D eigenvalue weighted by atomic mass is 9.98. The molecule has 30 heavy (non-hydrogen) atoms. The van der Waals surface area contributed by atoms with Crippen molar-refractivity contribution in [2.75, 3.05) is 14.2 Å². The highest BCUT2D eigenvalue weighted by molar-refractivity contribution is 5.97. The molecule has 2 aromatic carbocycles. The van der Waals surface area contributed by atoms with Crippen LogP contribution >= 0.6 is 0 Å². The summed E-state index contributed by atoms with van der Waals surface area (Å²) >= 11 is 0. The molecule has 0 fully saturated rings. The van der Waals surface area contributed by atoms with Gasteiger partial charge in [-0.1, -0.05) is 26.0 Å². The number of para-hydroxylation sites is 1. The Hall–Kier alpha value is -3.28. The molecule has 0 radical (unpaired) electrons. The first-order chi connectivity index (χ1) is 14.4. The zero-order chi connectivity index (χ0) is 21.4. The van der Waals surface area contributed by atoms with Gasteiger partial charge in [-0.15, -0.1) is 0 Å². The Labute approximate surface area is 175 Å². The van der Waals surface area contributed by atoms with Crippen molar-refractivity contribution in [3.63, 3.8) is 0 Å². The highest BCUT2D eigenvalue weighted by Crippen LogP contribution is 2.39. The Morgan fingerprint density at radius 3 is 2.60 bits per heavy atom. The molecule has 1 aromatic heterocycles. The maximum Gasteiger partial charge on any atom is 0.257 e. The molecule has 2 N–H and O–H groups in total. The molecule has 6 nitrogen and oxygen atoms in total. The lowest BCUT2D eigenvalue weighted by molar-refractivity contribution is 0.0935. The van der Waals surface area contributed by atoms with E-state index in [0.717, 1.165) is 35.0 Å². The minimum atomic E-state index is -0.374. The van der Waals surface area contributed by atoms with Gasteiger partial charge in [-0.05, 0) is 53.6 Å². The summed E-state index contributed by atoms with van der Waals surface area (Å²) in [6, 6.07) is 9.31. The third-order valence-corrected chi connectivity index (χ3v) is 5.84. The van der Waals surface area contributed by atoms with Gasteiger partial charge in [-0.3, -0.25) is 9.59 Å². The zero-order valence-electron chi connectivity index (χ0n) is 17.7. The molecule has 1 heterocycles. The molecule has 0 unspecified atom stereocenters. The lowest BCUT2D eigenvalue weighted by Gasteiger charge is -2.16. The summed E-state index contributed by atoms with van der Waals surface area (Å²) in [5, 5.41) is 3.56. The summed E-state index contributed by atoms with van der Waals surface area (Å²) in [7, 11) is 3.20. The predicted molar refractivity (Wildman–Crippen MR) is 117 cm³/mol. The van der Waals surface area contributed by atoms with E-state index in [1.807, 2.05) is 24.3 Å². The summed E-state index contributed by atoms with van der Waals surface area (Å²) in [5.41, 5.74) is 3.83. The molecule has 0 saturated heterocycles. The molecule has 0 spiro atoms. The predicted octanol–water partition coefficient (Wildman–Crippen LogP) is 4.09. The van der Waals surface area contributed by atoms with E-state index in [-0.39, 0.29) is 28.9 Å². The lowest BCUT2D eigenvalue weighted by Crippen LogP contribution is -2.31. The van der Waals surface area contributed by atoms with Crippen LogP contribution in [0.1, 0.15) is 59.3 Å². The average Bonchev–Trinajstić information content (AvgIpc) is 3.13. The minimum Gasteiger partial charge on any atom is -0.493 e. The number of H-pyrrole nitrogens is 1. The smallest absolute Gasteiger partial charge is 0.257 e. The van der Waals surface area contributed by atoms with Crippen molar-refractivity contribution in [2.24, 2.45) is 0 Å². The molecular formula is C24H26N2O4. The number of ether oxygens (including phenoxy) is 2. The number of benzene rings is 2. The average molecular weight is 406 g/mol. The van der Waals surface area contributed by atoms with Gasteiger partial charge in [0.05, 0.1) is 25.8 Å². The van der Waals surface area contributed by atoms with Crippen molar-refractivity contribution in [3.8, 4) is 11.5 Å². The first-order valence-electron chi connectivity index (χ1n) is 10.1. The fourth-order valence-electron chi connectivity index (χ4n) is 4.24. The molecule has 3 aromatic rings. The second kappa shape index (κ2) is 7.86. The van der Waals surface area contributed by atoms with Crippen LogP contribution < -0.4 is 20.2 Å².